The van der Waals surface area contributed by atoms with Crippen LogP contribution in [0.5, 0.6) is 5.75 Å². The predicted octanol–water partition coefficient (Wildman–Crippen LogP) is 3.65. The van der Waals surface area contributed by atoms with Gasteiger partial charge in [0.1, 0.15) is 5.75 Å². The number of benzene rings is 2. The van der Waals surface area contributed by atoms with Crippen LogP contribution >= 0.6 is 0 Å². The first kappa shape index (κ1) is 14.9. The van der Waals surface area contributed by atoms with Crippen LogP contribution < -0.4 is 10.1 Å². The monoisotopic (exact) mass is 285 g/mol. The highest BCUT2D eigenvalue weighted by Crippen LogP contribution is 2.23. The molecular weight excluding hydrogens is 266 g/mol. The van der Waals surface area contributed by atoms with Crippen molar-refractivity contribution in [1.29, 1.82) is 0 Å². The van der Waals surface area contributed by atoms with E-state index in [0.717, 1.165) is 17.0 Å². The number of nitrogens with one attached hydrogen (secondary N) is 1. The number of hydrogen-bond donors (Lipinski definition) is 1. The average molecular weight is 285 g/mol. The number of carbonyl (C=O) groups excluding carboxylic acids is 1. The summed E-state index contributed by atoms with van der Waals surface area (Å²) in [6, 6.07) is 15.2. The molecule has 0 aromatic heterocycles. The van der Waals surface area contributed by atoms with Crippen molar-refractivity contribution in [3.63, 3.8) is 0 Å². The summed E-state index contributed by atoms with van der Waals surface area (Å²) in [5, 5.41) is 3.37. The van der Waals surface area contributed by atoms with Gasteiger partial charge in [0.25, 0.3) is 0 Å². The van der Waals surface area contributed by atoms with Crippen molar-refractivity contribution in [3.8, 4) is 5.75 Å². The summed E-state index contributed by atoms with van der Waals surface area (Å²) in [6.45, 7) is 2.06. The summed E-state index contributed by atoms with van der Waals surface area (Å²) < 4.78 is 9.96. The van der Waals surface area contributed by atoms with Gasteiger partial charge in [-0.2, -0.15) is 0 Å². The van der Waals surface area contributed by atoms with Crippen molar-refractivity contribution < 1.29 is 14.3 Å². The molecular formula is C17H19NO3. The summed E-state index contributed by atoms with van der Waals surface area (Å²) >= 11 is 0. The highest BCUT2D eigenvalue weighted by atomic mass is 16.5. The fraction of sp³-hybridized carbons (Fsp3) is 0.235. The third kappa shape index (κ3) is 3.75. The lowest BCUT2D eigenvalue weighted by Gasteiger charge is -2.17. The minimum absolute atomic E-state index is 0.0907. The standard InChI is InChI=1S/C17H19NO3/c1-12(13-6-5-9-16(11-13)20-2)18-15-8-4-7-14(10-15)17(19)21-3/h4-12,18H,1-3H3. The van der Waals surface area contributed by atoms with E-state index < -0.39 is 0 Å². The van der Waals surface area contributed by atoms with Crippen molar-refractivity contribution in [2.45, 2.75) is 13.0 Å². The van der Waals surface area contributed by atoms with Gasteiger partial charge in [0.2, 0.25) is 0 Å². The first-order chi connectivity index (χ1) is 10.1. The van der Waals surface area contributed by atoms with E-state index in [9.17, 15) is 4.79 Å². The summed E-state index contributed by atoms with van der Waals surface area (Å²) in [6.07, 6.45) is 0. The maximum absolute atomic E-state index is 11.5. The van der Waals surface area contributed by atoms with E-state index >= 15 is 0 Å². The van der Waals surface area contributed by atoms with E-state index in [1.807, 2.05) is 36.4 Å². The Labute approximate surface area is 124 Å². The fourth-order valence-electron chi connectivity index (χ4n) is 2.10. The summed E-state index contributed by atoms with van der Waals surface area (Å²) in [5.74, 6) is 0.483. The molecule has 0 aliphatic heterocycles. The molecule has 0 bridgehead atoms. The minimum atomic E-state index is -0.340. The van der Waals surface area contributed by atoms with Gasteiger partial charge in [-0.15, -0.1) is 0 Å². The molecule has 0 saturated heterocycles. The summed E-state index contributed by atoms with van der Waals surface area (Å²) in [4.78, 5) is 11.5. The Morgan fingerprint density at radius 2 is 1.86 bits per heavy atom. The Kier molecular flexibility index (Phi) is 4.82. The second-order valence-corrected chi connectivity index (χ2v) is 4.72. The Bertz CT molecular complexity index is 625. The SMILES string of the molecule is COC(=O)c1cccc(NC(C)c2cccc(OC)c2)c1. The predicted molar refractivity (Wildman–Crippen MR) is 82.8 cm³/mol. The van der Waals surface area contributed by atoms with Crippen LogP contribution in [0.3, 0.4) is 0 Å². The summed E-state index contributed by atoms with van der Waals surface area (Å²) in [7, 11) is 3.03. The first-order valence-corrected chi connectivity index (χ1v) is 6.73. The molecule has 0 saturated carbocycles. The van der Waals surface area contributed by atoms with Crippen LogP contribution in [0.25, 0.3) is 0 Å². The van der Waals surface area contributed by atoms with E-state index in [1.54, 1.807) is 19.2 Å². The van der Waals surface area contributed by atoms with Gasteiger partial charge in [0.05, 0.1) is 19.8 Å². The fourth-order valence-corrected chi connectivity index (χ4v) is 2.10. The molecule has 0 spiro atoms. The van der Waals surface area contributed by atoms with Crippen molar-refractivity contribution in [2.75, 3.05) is 19.5 Å². The van der Waals surface area contributed by atoms with E-state index in [2.05, 4.69) is 12.2 Å². The minimum Gasteiger partial charge on any atom is -0.497 e. The lowest BCUT2D eigenvalue weighted by Crippen LogP contribution is -2.08. The van der Waals surface area contributed by atoms with Crippen molar-refractivity contribution in [1.82, 2.24) is 0 Å². The zero-order valence-electron chi connectivity index (χ0n) is 12.4. The van der Waals surface area contributed by atoms with Crippen molar-refractivity contribution >= 4 is 11.7 Å². The molecule has 110 valence electrons. The van der Waals surface area contributed by atoms with Gasteiger partial charge in [-0.3, -0.25) is 0 Å². The molecule has 4 nitrogen and oxygen atoms in total. The largest absolute Gasteiger partial charge is 0.497 e. The van der Waals surface area contributed by atoms with Gasteiger partial charge in [0, 0.05) is 11.7 Å². The zero-order valence-corrected chi connectivity index (χ0v) is 12.4. The number of anilines is 1. The normalized spacial score (nSPS) is 11.6. The molecule has 0 radical (unpaired) electrons. The van der Waals surface area contributed by atoms with Crippen LogP contribution in [-0.2, 0) is 4.74 Å². The Balaban J connectivity index is 2.15. The van der Waals surface area contributed by atoms with Gasteiger partial charge >= 0.3 is 5.97 Å². The molecule has 1 N–H and O–H groups in total. The molecule has 2 aromatic carbocycles. The van der Waals surface area contributed by atoms with E-state index in [0.29, 0.717) is 5.56 Å². The molecule has 2 aromatic rings. The second-order valence-electron chi connectivity index (χ2n) is 4.72. The quantitative estimate of drug-likeness (QED) is 0.852. The first-order valence-electron chi connectivity index (χ1n) is 6.73. The molecule has 0 heterocycles. The topological polar surface area (TPSA) is 47.6 Å². The average Bonchev–Trinajstić information content (AvgIpc) is 2.54. The van der Waals surface area contributed by atoms with Crippen molar-refractivity contribution in [3.05, 3.63) is 59.7 Å². The van der Waals surface area contributed by atoms with E-state index in [1.165, 1.54) is 7.11 Å². The number of rotatable bonds is 5. The third-order valence-electron chi connectivity index (χ3n) is 3.26. The zero-order chi connectivity index (χ0) is 15.2. The van der Waals surface area contributed by atoms with Gasteiger partial charge < -0.3 is 14.8 Å². The number of ether oxygens (including phenoxy) is 2. The second kappa shape index (κ2) is 6.79. The van der Waals surface area contributed by atoms with Crippen LogP contribution in [0.2, 0.25) is 0 Å². The Morgan fingerprint density at radius 3 is 2.57 bits per heavy atom. The number of esters is 1. The maximum Gasteiger partial charge on any atom is 0.337 e. The molecule has 2 rings (SSSR count). The third-order valence-corrected chi connectivity index (χ3v) is 3.26. The van der Waals surface area contributed by atoms with Crippen LogP contribution in [0.4, 0.5) is 5.69 Å². The molecule has 1 atom stereocenters. The van der Waals surface area contributed by atoms with Crippen LogP contribution in [0, 0.1) is 0 Å². The van der Waals surface area contributed by atoms with Crippen LogP contribution in [0.1, 0.15) is 28.9 Å². The smallest absolute Gasteiger partial charge is 0.337 e. The number of hydrogen-bond acceptors (Lipinski definition) is 4. The highest BCUT2D eigenvalue weighted by Gasteiger charge is 2.09. The van der Waals surface area contributed by atoms with Crippen LogP contribution in [0.15, 0.2) is 48.5 Å². The van der Waals surface area contributed by atoms with Gasteiger partial charge in [-0.1, -0.05) is 18.2 Å². The molecule has 0 fully saturated rings. The highest BCUT2D eigenvalue weighted by molar-refractivity contribution is 5.90. The van der Waals surface area contributed by atoms with Gasteiger partial charge in [-0.05, 0) is 42.8 Å². The van der Waals surface area contributed by atoms with Gasteiger partial charge in [0.15, 0.2) is 0 Å². The Morgan fingerprint density at radius 1 is 1.10 bits per heavy atom. The molecule has 0 amide bonds. The molecule has 4 heteroatoms. The number of carbonyl (C=O) groups is 1. The van der Waals surface area contributed by atoms with Crippen LogP contribution in [-0.4, -0.2) is 20.2 Å². The lowest BCUT2D eigenvalue weighted by molar-refractivity contribution is 0.0601. The molecule has 1 unspecified atom stereocenters. The van der Waals surface area contributed by atoms with Gasteiger partial charge in [-0.25, -0.2) is 4.79 Å². The van der Waals surface area contributed by atoms with Crippen molar-refractivity contribution in [2.24, 2.45) is 0 Å². The lowest BCUT2D eigenvalue weighted by atomic mass is 10.1. The summed E-state index contributed by atoms with van der Waals surface area (Å²) in [5.41, 5.74) is 2.51. The molecule has 0 aliphatic carbocycles. The molecule has 21 heavy (non-hydrogen) atoms. The number of methoxy groups -OCH3 is 2. The van der Waals surface area contributed by atoms with E-state index in [-0.39, 0.29) is 12.0 Å². The maximum atomic E-state index is 11.5. The molecule has 0 aliphatic rings. The van der Waals surface area contributed by atoms with E-state index in [4.69, 9.17) is 9.47 Å². The Hall–Kier alpha value is -2.49.